The SMILES string of the molecule is NN(C(=O)c1cc(C(=O)c2ccccc2)cc(C(=O)c2ccccc2)c1)c1ccc(O)cc1C(=O)O. The Labute approximate surface area is 205 Å². The molecular formula is C28H20N2O6. The summed E-state index contributed by atoms with van der Waals surface area (Å²) in [6, 6.07) is 24.1. The zero-order valence-corrected chi connectivity index (χ0v) is 18.8. The van der Waals surface area contributed by atoms with Crippen LogP contribution in [0.15, 0.2) is 97.1 Å². The van der Waals surface area contributed by atoms with Crippen LogP contribution in [0.25, 0.3) is 0 Å². The smallest absolute Gasteiger partial charge is 0.338 e. The van der Waals surface area contributed by atoms with Gasteiger partial charge in [0.05, 0.1) is 11.3 Å². The van der Waals surface area contributed by atoms with E-state index in [4.69, 9.17) is 5.84 Å². The Hall–Kier alpha value is -5.08. The van der Waals surface area contributed by atoms with E-state index in [1.54, 1.807) is 60.7 Å². The lowest BCUT2D eigenvalue weighted by Crippen LogP contribution is -2.38. The molecule has 4 rings (SSSR count). The van der Waals surface area contributed by atoms with Gasteiger partial charge in [-0.1, -0.05) is 60.7 Å². The number of phenols is 1. The van der Waals surface area contributed by atoms with Crippen LogP contribution in [0.5, 0.6) is 5.75 Å². The van der Waals surface area contributed by atoms with Crippen LogP contribution in [0.3, 0.4) is 0 Å². The molecule has 0 saturated heterocycles. The number of anilines is 1. The minimum absolute atomic E-state index is 0.0869. The van der Waals surface area contributed by atoms with E-state index >= 15 is 0 Å². The van der Waals surface area contributed by atoms with E-state index in [0.717, 1.165) is 6.07 Å². The van der Waals surface area contributed by atoms with Crippen LogP contribution in [0.2, 0.25) is 0 Å². The number of carboxylic acid groups (broad SMARTS) is 1. The number of hydrazine groups is 1. The maximum atomic E-state index is 13.4. The Bertz CT molecular complexity index is 1410. The first-order valence-electron chi connectivity index (χ1n) is 10.8. The van der Waals surface area contributed by atoms with Gasteiger partial charge in [0.2, 0.25) is 0 Å². The second-order valence-corrected chi connectivity index (χ2v) is 7.87. The summed E-state index contributed by atoms with van der Waals surface area (Å²) in [5, 5.41) is 19.7. The quantitative estimate of drug-likeness (QED) is 0.157. The average Bonchev–Trinajstić information content (AvgIpc) is 2.92. The minimum atomic E-state index is -1.41. The van der Waals surface area contributed by atoms with Crippen molar-refractivity contribution < 1.29 is 29.4 Å². The standard InChI is InChI=1S/C28H20N2O6/c29-30(24-12-11-22(31)16-23(24)28(35)36)27(34)21-14-19(25(32)17-7-3-1-4-8-17)13-20(15-21)26(33)18-9-5-2-6-10-18/h1-16,31H,29H2,(H,35,36). The lowest BCUT2D eigenvalue weighted by molar-refractivity contribution is 0.0696. The number of benzene rings is 4. The van der Waals surface area contributed by atoms with Crippen molar-refractivity contribution in [1.82, 2.24) is 0 Å². The first-order chi connectivity index (χ1) is 17.3. The first kappa shape index (κ1) is 24.1. The van der Waals surface area contributed by atoms with E-state index in [0.29, 0.717) is 16.1 Å². The Balaban J connectivity index is 1.82. The Morgan fingerprint density at radius 3 is 1.56 bits per heavy atom. The molecule has 0 saturated carbocycles. The zero-order chi connectivity index (χ0) is 25.8. The predicted molar refractivity (Wildman–Crippen MR) is 132 cm³/mol. The third-order valence-corrected chi connectivity index (χ3v) is 5.47. The molecule has 8 heteroatoms. The molecule has 4 aromatic carbocycles. The third kappa shape index (κ3) is 4.89. The molecule has 0 heterocycles. The average molecular weight is 480 g/mol. The van der Waals surface area contributed by atoms with Crippen molar-refractivity contribution in [2.75, 3.05) is 5.01 Å². The van der Waals surface area contributed by atoms with E-state index in [9.17, 15) is 29.4 Å². The molecule has 0 spiro atoms. The number of ketones is 2. The maximum Gasteiger partial charge on any atom is 0.338 e. The van der Waals surface area contributed by atoms with Crippen molar-refractivity contribution in [2.24, 2.45) is 5.84 Å². The molecule has 0 bridgehead atoms. The fourth-order valence-electron chi connectivity index (χ4n) is 3.68. The molecule has 0 aromatic heterocycles. The molecule has 0 aliphatic carbocycles. The summed E-state index contributed by atoms with van der Waals surface area (Å²) >= 11 is 0. The fourth-order valence-corrected chi connectivity index (χ4v) is 3.68. The van der Waals surface area contributed by atoms with Crippen LogP contribution in [-0.4, -0.2) is 33.7 Å². The number of nitrogens with two attached hydrogens (primary N) is 1. The number of carboxylic acids is 1. The summed E-state index contributed by atoms with van der Waals surface area (Å²) < 4.78 is 0. The molecular weight excluding hydrogens is 460 g/mol. The van der Waals surface area contributed by atoms with Gasteiger partial charge in [0.15, 0.2) is 11.6 Å². The summed E-state index contributed by atoms with van der Waals surface area (Å²) in [5.74, 6) is 2.61. The normalized spacial score (nSPS) is 10.5. The van der Waals surface area contributed by atoms with Gasteiger partial charge in [0, 0.05) is 27.8 Å². The Morgan fingerprint density at radius 1 is 0.611 bits per heavy atom. The highest BCUT2D eigenvalue weighted by Gasteiger charge is 2.24. The van der Waals surface area contributed by atoms with Crippen molar-refractivity contribution >= 4 is 29.1 Å². The van der Waals surface area contributed by atoms with E-state index in [1.807, 2.05) is 0 Å². The zero-order valence-electron chi connectivity index (χ0n) is 18.8. The number of nitrogens with zero attached hydrogens (tertiary/aromatic N) is 1. The van der Waals surface area contributed by atoms with E-state index in [-0.39, 0.29) is 28.1 Å². The number of aromatic hydroxyl groups is 1. The van der Waals surface area contributed by atoms with Crippen LogP contribution in [-0.2, 0) is 0 Å². The summed E-state index contributed by atoms with van der Waals surface area (Å²) in [6.07, 6.45) is 0. The number of rotatable bonds is 7. The number of carbonyl (C=O) groups is 4. The highest BCUT2D eigenvalue weighted by Crippen LogP contribution is 2.26. The molecule has 1 amide bonds. The molecule has 0 aliphatic heterocycles. The molecule has 0 aliphatic rings. The summed E-state index contributed by atoms with van der Waals surface area (Å²) in [4.78, 5) is 51.4. The van der Waals surface area contributed by atoms with Crippen molar-refractivity contribution in [3.05, 3.63) is 130 Å². The number of phenolic OH excluding ortho intramolecular Hbond substituents is 1. The molecule has 4 N–H and O–H groups in total. The monoisotopic (exact) mass is 480 g/mol. The maximum absolute atomic E-state index is 13.4. The third-order valence-electron chi connectivity index (χ3n) is 5.47. The second-order valence-electron chi connectivity index (χ2n) is 7.87. The van der Waals surface area contributed by atoms with E-state index in [1.165, 1.54) is 30.3 Å². The fraction of sp³-hybridized carbons (Fsp3) is 0. The number of amides is 1. The lowest BCUT2D eigenvalue weighted by atomic mass is 9.94. The van der Waals surface area contributed by atoms with Crippen LogP contribution in [0.4, 0.5) is 5.69 Å². The van der Waals surface area contributed by atoms with Crippen molar-refractivity contribution in [2.45, 2.75) is 0 Å². The van der Waals surface area contributed by atoms with Crippen LogP contribution in [0, 0.1) is 0 Å². The summed E-state index contributed by atoms with van der Waals surface area (Å²) in [7, 11) is 0. The lowest BCUT2D eigenvalue weighted by Gasteiger charge is -2.20. The topological polar surface area (TPSA) is 138 Å². The molecule has 0 radical (unpaired) electrons. The second kappa shape index (κ2) is 10.0. The van der Waals surface area contributed by atoms with Gasteiger partial charge in [0.25, 0.3) is 5.91 Å². The van der Waals surface area contributed by atoms with Gasteiger partial charge in [0.1, 0.15) is 5.75 Å². The van der Waals surface area contributed by atoms with Crippen molar-refractivity contribution in [3.8, 4) is 5.75 Å². The van der Waals surface area contributed by atoms with Gasteiger partial charge >= 0.3 is 5.97 Å². The van der Waals surface area contributed by atoms with Gasteiger partial charge in [-0.25, -0.2) is 15.6 Å². The van der Waals surface area contributed by atoms with Gasteiger partial charge < -0.3 is 10.2 Å². The number of carbonyl (C=O) groups excluding carboxylic acids is 3. The molecule has 178 valence electrons. The number of hydrogen-bond donors (Lipinski definition) is 3. The Kier molecular flexibility index (Phi) is 6.71. The molecule has 0 atom stereocenters. The van der Waals surface area contributed by atoms with Crippen LogP contribution in [0.1, 0.15) is 52.6 Å². The van der Waals surface area contributed by atoms with Gasteiger partial charge in [-0.15, -0.1) is 0 Å². The minimum Gasteiger partial charge on any atom is -0.508 e. The molecule has 0 unspecified atom stereocenters. The van der Waals surface area contributed by atoms with Gasteiger partial charge in [-0.05, 0) is 36.4 Å². The van der Waals surface area contributed by atoms with E-state index < -0.39 is 29.0 Å². The predicted octanol–water partition coefficient (Wildman–Crippen LogP) is 4.07. The van der Waals surface area contributed by atoms with Crippen LogP contribution < -0.4 is 10.9 Å². The van der Waals surface area contributed by atoms with Gasteiger partial charge in [-0.2, -0.15) is 0 Å². The molecule has 36 heavy (non-hydrogen) atoms. The molecule has 4 aromatic rings. The number of aromatic carboxylic acids is 1. The summed E-state index contributed by atoms with van der Waals surface area (Å²) in [5.41, 5.74) is 0.216. The highest BCUT2D eigenvalue weighted by molar-refractivity contribution is 6.16. The Morgan fingerprint density at radius 2 is 1.08 bits per heavy atom. The summed E-state index contributed by atoms with van der Waals surface area (Å²) in [6.45, 7) is 0. The van der Waals surface area contributed by atoms with E-state index in [2.05, 4.69) is 0 Å². The van der Waals surface area contributed by atoms with Crippen molar-refractivity contribution in [1.29, 1.82) is 0 Å². The highest BCUT2D eigenvalue weighted by atomic mass is 16.4. The largest absolute Gasteiger partial charge is 0.508 e. The van der Waals surface area contributed by atoms with Gasteiger partial charge in [-0.3, -0.25) is 14.4 Å². The molecule has 0 fully saturated rings. The number of hydrogen-bond acceptors (Lipinski definition) is 6. The first-order valence-corrected chi connectivity index (χ1v) is 10.8. The van der Waals surface area contributed by atoms with Crippen LogP contribution >= 0.6 is 0 Å². The molecule has 8 nitrogen and oxygen atoms in total. The van der Waals surface area contributed by atoms with Crippen molar-refractivity contribution in [3.63, 3.8) is 0 Å².